The molecule has 0 aromatic heterocycles. The highest BCUT2D eigenvalue weighted by Crippen LogP contribution is 2.61. The number of phenolic OH excluding ortho intramolecular Hbond substituents is 1. The number of benzene rings is 1. The lowest BCUT2D eigenvalue weighted by molar-refractivity contribution is -0.143. The highest BCUT2D eigenvalue weighted by Gasteiger charge is 2.59. The number of hydrogen-bond donors (Lipinski definition) is 2. The van der Waals surface area contributed by atoms with Crippen molar-refractivity contribution in [3.8, 4) is 5.75 Å². The maximum absolute atomic E-state index is 13.1. The predicted molar refractivity (Wildman–Crippen MR) is 55.8 cm³/mol. The largest absolute Gasteiger partial charge is 0.505 e. The van der Waals surface area contributed by atoms with E-state index >= 15 is 0 Å². The SMILES string of the molecule is CCC1(C(=O)O)CC1c1ccc(O)c(F)c1. The lowest BCUT2D eigenvalue weighted by Gasteiger charge is -2.09. The second kappa shape index (κ2) is 3.47. The maximum atomic E-state index is 13.1. The summed E-state index contributed by atoms with van der Waals surface area (Å²) < 4.78 is 13.1. The molecule has 1 aliphatic carbocycles. The first-order chi connectivity index (χ1) is 7.51. The van der Waals surface area contributed by atoms with Crippen LogP contribution in [0.5, 0.6) is 5.75 Å². The molecule has 0 heterocycles. The smallest absolute Gasteiger partial charge is 0.310 e. The number of aromatic hydroxyl groups is 1. The van der Waals surface area contributed by atoms with E-state index in [1.165, 1.54) is 12.1 Å². The second-order valence-electron chi connectivity index (χ2n) is 4.28. The van der Waals surface area contributed by atoms with Crippen LogP contribution in [-0.4, -0.2) is 16.2 Å². The third kappa shape index (κ3) is 1.45. The van der Waals surface area contributed by atoms with E-state index in [9.17, 15) is 9.18 Å². The van der Waals surface area contributed by atoms with E-state index in [4.69, 9.17) is 10.2 Å². The molecule has 2 rings (SSSR count). The summed E-state index contributed by atoms with van der Waals surface area (Å²) >= 11 is 0. The molecule has 2 unspecified atom stereocenters. The number of phenols is 1. The number of rotatable bonds is 3. The van der Waals surface area contributed by atoms with E-state index in [0.717, 1.165) is 0 Å². The molecule has 16 heavy (non-hydrogen) atoms. The van der Waals surface area contributed by atoms with Gasteiger partial charge in [0.15, 0.2) is 11.6 Å². The van der Waals surface area contributed by atoms with Gasteiger partial charge in [-0.1, -0.05) is 13.0 Å². The Balaban J connectivity index is 2.28. The Hall–Kier alpha value is -1.58. The molecule has 0 aliphatic heterocycles. The van der Waals surface area contributed by atoms with Crippen molar-refractivity contribution >= 4 is 5.97 Å². The molecule has 1 aliphatic rings. The molecule has 2 N–H and O–H groups in total. The lowest BCUT2D eigenvalue weighted by Crippen LogP contribution is -2.15. The van der Waals surface area contributed by atoms with E-state index in [1.54, 1.807) is 6.07 Å². The average Bonchev–Trinajstić information content (AvgIpc) is 2.98. The number of carbonyl (C=O) groups is 1. The van der Waals surface area contributed by atoms with Gasteiger partial charge >= 0.3 is 5.97 Å². The van der Waals surface area contributed by atoms with Gasteiger partial charge in [-0.3, -0.25) is 4.79 Å². The lowest BCUT2D eigenvalue weighted by atomic mass is 9.96. The molecule has 1 saturated carbocycles. The van der Waals surface area contributed by atoms with Gasteiger partial charge in [0.05, 0.1) is 5.41 Å². The van der Waals surface area contributed by atoms with Gasteiger partial charge in [0.25, 0.3) is 0 Å². The van der Waals surface area contributed by atoms with Crippen LogP contribution in [0, 0.1) is 11.2 Å². The zero-order valence-electron chi connectivity index (χ0n) is 8.90. The van der Waals surface area contributed by atoms with Gasteiger partial charge in [-0.2, -0.15) is 0 Å². The van der Waals surface area contributed by atoms with Crippen LogP contribution in [-0.2, 0) is 4.79 Å². The second-order valence-corrected chi connectivity index (χ2v) is 4.28. The summed E-state index contributed by atoms with van der Waals surface area (Å²) in [4.78, 5) is 11.1. The van der Waals surface area contributed by atoms with Crippen LogP contribution < -0.4 is 0 Å². The Morgan fingerprint density at radius 2 is 2.31 bits per heavy atom. The predicted octanol–water partition coefficient (Wildman–Crippen LogP) is 2.50. The Kier molecular flexibility index (Phi) is 2.37. The molecule has 1 aromatic carbocycles. The van der Waals surface area contributed by atoms with Crippen molar-refractivity contribution in [3.05, 3.63) is 29.6 Å². The van der Waals surface area contributed by atoms with Crippen molar-refractivity contribution in [2.24, 2.45) is 5.41 Å². The first-order valence-corrected chi connectivity index (χ1v) is 5.23. The molecule has 86 valence electrons. The molecule has 2 atom stereocenters. The van der Waals surface area contributed by atoms with Gasteiger partial charge in [-0.05, 0) is 30.5 Å². The topological polar surface area (TPSA) is 57.5 Å². The molecule has 4 heteroatoms. The van der Waals surface area contributed by atoms with Crippen LogP contribution >= 0.6 is 0 Å². The van der Waals surface area contributed by atoms with Crippen molar-refractivity contribution < 1.29 is 19.4 Å². The van der Waals surface area contributed by atoms with E-state index in [2.05, 4.69) is 0 Å². The van der Waals surface area contributed by atoms with Crippen LogP contribution in [0.25, 0.3) is 0 Å². The van der Waals surface area contributed by atoms with E-state index in [-0.39, 0.29) is 5.92 Å². The summed E-state index contributed by atoms with van der Waals surface area (Å²) in [6, 6.07) is 4.08. The van der Waals surface area contributed by atoms with Gasteiger partial charge in [-0.25, -0.2) is 4.39 Å². The van der Waals surface area contributed by atoms with Gasteiger partial charge in [0, 0.05) is 5.92 Å². The van der Waals surface area contributed by atoms with Crippen molar-refractivity contribution in [2.75, 3.05) is 0 Å². The molecule has 3 nitrogen and oxygen atoms in total. The third-order valence-corrected chi connectivity index (χ3v) is 3.51. The summed E-state index contributed by atoms with van der Waals surface area (Å²) in [5, 5.41) is 18.2. The maximum Gasteiger partial charge on any atom is 0.310 e. The number of halogens is 1. The zero-order chi connectivity index (χ0) is 11.9. The molecular formula is C12H13FO3. The monoisotopic (exact) mass is 224 g/mol. The van der Waals surface area contributed by atoms with Crippen LogP contribution in [0.2, 0.25) is 0 Å². The summed E-state index contributed by atoms with van der Waals surface area (Å²) in [5.41, 5.74) is -0.0804. The number of carboxylic acids is 1. The van der Waals surface area contributed by atoms with Gasteiger partial charge in [-0.15, -0.1) is 0 Å². The molecule has 0 bridgehead atoms. The first-order valence-electron chi connectivity index (χ1n) is 5.23. The van der Waals surface area contributed by atoms with Crippen LogP contribution in [0.1, 0.15) is 31.2 Å². The number of aliphatic carboxylic acids is 1. The fourth-order valence-corrected chi connectivity index (χ4v) is 2.26. The van der Waals surface area contributed by atoms with Crippen molar-refractivity contribution in [3.63, 3.8) is 0 Å². The molecule has 1 aromatic rings. The minimum atomic E-state index is -0.825. The minimum Gasteiger partial charge on any atom is -0.505 e. The number of hydrogen-bond acceptors (Lipinski definition) is 2. The summed E-state index contributed by atoms with van der Waals surface area (Å²) in [6.07, 6.45) is 1.08. The van der Waals surface area contributed by atoms with Gasteiger partial charge in [0.2, 0.25) is 0 Å². The van der Waals surface area contributed by atoms with Crippen LogP contribution in [0.3, 0.4) is 0 Å². The molecular weight excluding hydrogens is 211 g/mol. The quantitative estimate of drug-likeness (QED) is 0.829. The average molecular weight is 224 g/mol. The zero-order valence-corrected chi connectivity index (χ0v) is 8.90. The summed E-state index contributed by atoms with van der Waals surface area (Å²) in [6.45, 7) is 1.82. The molecule has 0 radical (unpaired) electrons. The number of carboxylic acid groups (broad SMARTS) is 1. The highest BCUT2D eigenvalue weighted by atomic mass is 19.1. The fourth-order valence-electron chi connectivity index (χ4n) is 2.26. The first kappa shape index (κ1) is 10.9. The summed E-state index contributed by atoms with van der Waals surface area (Å²) in [5.74, 6) is -2.06. The molecule has 1 fully saturated rings. The van der Waals surface area contributed by atoms with E-state index in [0.29, 0.717) is 18.4 Å². The summed E-state index contributed by atoms with van der Waals surface area (Å²) in [7, 11) is 0. The Morgan fingerprint density at radius 3 is 2.75 bits per heavy atom. The van der Waals surface area contributed by atoms with Crippen molar-refractivity contribution in [1.29, 1.82) is 0 Å². The Bertz CT molecular complexity index is 444. The van der Waals surface area contributed by atoms with Gasteiger partial charge < -0.3 is 10.2 Å². The van der Waals surface area contributed by atoms with Gasteiger partial charge in [0.1, 0.15) is 0 Å². The van der Waals surface area contributed by atoms with E-state index in [1.807, 2.05) is 6.92 Å². The van der Waals surface area contributed by atoms with Crippen molar-refractivity contribution in [2.45, 2.75) is 25.7 Å². The Morgan fingerprint density at radius 1 is 1.62 bits per heavy atom. The highest BCUT2D eigenvalue weighted by molar-refractivity contribution is 5.80. The van der Waals surface area contributed by atoms with Crippen LogP contribution in [0.15, 0.2) is 18.2 Å². The molecule has 0 amide bonds. The third-order valence-electron chi connectivity index (χ3n) is 3.51. The Labute approximate surface area is 92.5 Å². The fraction of sp³-hybridized carbons (Fsp3) is 0.417. The minimum absolute atomic E-state index is 0.134. The molecule has 0 spiro atoms. The standard InChI is InChI=1S/C12H13FO3/c1-2-12(11(15)16)6-8(12)7-3-4-10(14)9(13)5-7/h3-5,8,14H,2,6H2,1H3,(H,15,16). The normalized spacial score (nSPS) is 27.8. The van der Waals surface area contributed by atoms with Crippen molar-refractivity contribution in [1.82, 2.24) is 0 Å². The van der Waals surface area contributed by atoms with Crippen LogP contribution in [0.4, 0.5) is 4.39 Å². The van der Waals surface area contributed by atoms with E-state index < -0.39 is 23.0 Å². The molecule has 0 saturated heterocycles.